The Kier molecular flexibility index (Phi) is 4.17. The fourth-order valence-electron chi connectivity index (χ4n) is 2.12. The highest BCUT2D eigenvalue weighted by molar-refractivity contribution is 5.80. The van der Waals surface area contributed by atoms with E-state index in [1.165, 1.54) is 6.07 Å². The van der Waals surface area contributed by atoms with Crippen LogP contribution in [0, 0.1) is 18.7 Å². The highest BCUT2D eigenvalue weighted by Gasteiger charge is 2.31. The number of ether oxygens (including phenoxy) is 1. The topological polar surface area (TPSA) is 64.3 Å². The van der Waals surface area contributed by atoms with Crippen molar-refractivity contribution in [1.82, 2.24) is 5.32 Å². The number of carbonyl (C=O) groups is 1. The lowest BCUT2D eigenvalue weighted by Gasteiger charge is -2.19. The van der Waals surface area contributed by atoms with Crippen LogP contribution in [0.25, 0.3) is 0 Å². The molecule has 3 atom stereocenters. The van der Waals surface area contributed by atoms with Crippen molar-refractivity contribution in [1.29, 1.82) is 0 Å². The average molecular weight is 266 g/mol. The standard InChI is InChI=1S/C14H19FN2O2/c1-8-3-4-10(5-12(8)15)9(2)17-14(18)11-6-19-7-13(11)16/h3-5,9,11,13H,6-7,16H2,1-2H3,(H,17,18). The third-order valence-electron chi connectivity index (χ3n) is 3.52. The van der Waals surface area contributed by atoms with Crippen molar-refractivity contribution in [3.8, 4) is 0 Å². The lowest BCUT2D eigenvalue weighted by Crippen LogP contribution is -2.41. The minimum absolute atomic E-state index is 0.140. The summed E-state index contributed by atoms with van der Waals surface area (Å²) in [4.78, 5) is 12.0. The maximum absolute atomic E-state index is 13.5. The molecule has 1 amide bonds. The molecule has 0 bridgehead atoms. The van der Waals surface area contributed by atoms with Crippen molar-refractivity contribution in [3.63, 3.8) is 0 Å². The molecule has 0 spiro atoms. The number of nitrogens with two attached hydrogens (primary N) is 1. The van der Waals surface area contributed by atoms with Gasteiger partial charge in [-0.1, -0.05) is 12.1 Å². The van der Waals surface area contributed by atoms with Crippen molar-refractivity contribution in [2.75, 3.05) is 13.2 Å². The van der Waals surface area contributed by atoms with Crippen LogP contribution in [-0.2, 0) is 9.53 Å². The molecule has 1 aromatic carbocycles. The summed E-state index contributed by atoms with van der Waals surface area (Å²) in [6, 6.07) is 4.45. The molecule has 19 heavy (non-hydrogen) atoms. The van der Waals surface area contributed by atoms with E-state index in [0.29, 0.717) is 18.8 Å². The molecule has 1 heterocycles. The predicted octanol–water partition coefficient (Wildman–Crippen LogP) is 1.29. The van der Waals surface area contributed by atoms with Crippen LogP contribution in [0.2, 0.25) is 0 Å². The van der Waals surface area contributed by atoms with E-state index in [4.69, 9.17) is 10.5 Å². The second kappa shape index (κ2) is 5.67. The summed E-state index contributed by atoms with van der Waals surface area (Å²) in [5.41, 5.74) is 7.12. The van der Waals surface area contributed by atoms with Gasteiger partial charge >= 0.3 is 0 Å². The van der Waals surface area contributed by atoms with Gasteiger partial charge in [-0.15, -0.1) is 0 Å². The fraction of sp³-hybridized carbons (Fsp3) is 0.500. The van der Waals surface area contributed by atoms with Crippen molar-refractivity contribution in [2.24, 2.45) is 11.7 Å². The van der Waals surface area contributed by atoms with E-state index in [9.17, 15) is 9.18 Å². The van der Waals surface area contributed by atoms with Gasteiger partial charge in [0.05, 0.1) is 25.2 Å². The number of aryl methyl sites for hydroxylation is 1. The second-order valence-corrected chi connectivity index (χ2v) is 5.05. The molecular weight excluding hydrogens is 247 g/mol. The SMILES string of the molecule is Cc1ccc(C(C)NC(=O)C2COCC2N)cc1F. The molecule has 1 aromatic rings. The van der Waals surface area contributed by atoms with E-state index in [2.05, 4.69) is 5.32 Å². The minimum atomic E-state index is -0.322. The first-order valence-electron chi connectivity index (χ1n) is 6.39. The van der Waals surface area contributed by atoms with Gasteiger partial charge in [-0.05, 0) is 31.0 Å². The quantitative estimate of drug-likeness (QED) is 0.866. The number of carbonyl (C=O) groups excluding carboxylic acids is 1. The zero-order valence-corrected chi connectivity index (χ0v) is 11.2. The molecule has 104 valence electrons. The Hall–Kier alpha value is -1.46. The summed E-state index contributed by atoms with van der Waals surface area (Å²) >= 11 is 0. The van der Waals surface area contributed by atoms with Crippen LogP contribution in [-0.4, -0.2) is 25.2 Å². The zero-order chi connectivity index (χ0) is 14.0. The van der Waals surface area contributed by atoms with Crippen LogP contribution in [0.1, 0.15) is 24.1 Å². The second-order valence-electron chi connectivity index (χ2n) is 5.05. The number of nitrogens with one attached hydrogen (secondary N) is 1. The van der Waals surface area contributed by atoms with E-state index in [0.717, 1.165) is 5.56 Å². The third kappa shape index (κ3) is 3.11. The van der Waals surface area contributed by atoms with Crippen molar-refractivity contribution in [2.45, 2.75) is 25.9 Å². The fourth-order valence-corrected chi connectivity index (χ4v) is 2.12. The van der Waals surface area contributed by atoms with Gasteiger partial charge in [0.15, 0.2) is 0 Å². The first kappa shape index (κ1) is 14.0. The average Bonchev–Trinajstić information content (AvgIpc) is 2.79. The summed E-state index contributed by atoms with van der Waals surface area (Å²) in [6.45, 7) is 4.29. The van der Waals surface area contributed by atoms with E-state index in [1.54, 1.807) is 13.0 Å². The van der Waals surface area contributed by atoms with E-state index >= 15 is 0 Å². The number of amides is 1. The largest absolute Gasteiger partial charge is 0.379 e. The van der Waals surface area contributed by atoms with Gasteiger partial charge in [0.2, 0.25) is 5.91 Å². The molecule has 0 aromatic heterocycles. The predicted molar refractivity (Wildman–Crippen MR) is 70.0 cm³/mol. The Morgan fingerprint density at radius 2 is 2.26 bits per heavy atom. The molecule has 0 saturated carbocycles. The van der Waals surface area contributed by atoms with Crippen LogP contribution < -0.4 is 11.1 Å². The summed E-state index contributed by atoms with van der Waals surface area (Å²) in [5, 5.41) is 2.85. The Morgan fingerprint density at radius 1 is 1.53 bits per heavy atom. The van der Waals surface area contributed by atoms with E-state index < -0.39 is 0 Å². The third-order valence-corrected chi connectivity index (χ3v) is 3.52. The highest BCUT2D eigenvalue weighted by atomic mass is 19.1. The molecule has 3 unspecified atom stereocenters. The molecular formula is C14H19FN2O2. The van der Waals surface area contributed by atoms with Gasteiger partial charge in [0, 0.05) is 6.04 Å². The van der Waals surface area contributed by atoms with Crippen LogP contribution in [0.5, 0.6) is 0 Å². The molecule has 0 radical (unpaired) electrons. The van der Waals surface area contributed by atoms with Gasteiger partial charge in [-0.3, -0.25) is 4.79 Å². The molecule has 0 aliphatic carbocycles. The van der Waals surface area contributed by atoms with Crippen molar-refractivity contribution < 1.29 is 13.9 Å². The van der Waals surface area contributed by atoms with Gasteiger partial charge in [-0.2, -0.15) is 0 Å². The van der Waals surface area contributed by atoms with E-state index in [-0.39, 0.29) is 29.7 Å². The van der Waals surface area contributed by atoms with Gasteiger partial charge in [0.1, 0.15) is 5.82 Å². The van der Waals surface area contributed by atoms with Crippen molar-refractivity contribution >= 4 is 5.91 Å². The molecule has 3 N–H and O–H groups in total. The number of halogens is 1. The Labute approximate surface area is 112 Å². The lowest BCUT2D eigenvalue weighted by molar-refractivity contribution is -0.125. The van der Waals surface area contributed by atoms with Crippen LogP contribution in [0.15, 0.2) is 18.2 Å². The van der Waals surface area contributed by atoms with Crippen molar-refractivity contribution in [3.05, 3.63) is 35.1 Å². The Bertz CT molecular complexity index is 479. The smallest absolute Gasteiger partial charge is 0.227 e. The molecule has 1 fully saturated rings. The Morgan fingerprint density at radius 3 is 2.84 bits per heavy atom. The number of rotatable bonds is 3. The molecule has 2 rings (SSSR count). The first-order chi connectivity index (χ1) is 8.99. The van der Waals surface area contributed by atoms with Crippen LogP contribution in [0.4, 0.5) is 4.39 Å². The highest BCUT2D eigenvalue weighted by Crippen LogP contribution is 2.18. The summed E-state index contributed by atoms with van der Waals surface area (Å²) in [7, 11) is 0. The summed E-state index contributed by atoms with van der Waals surface area (Å²) in [6.07, 6.45) is 0. The van der Waals surface area contributed by atoms with E-state index in [1.807, 2.05) is 13.0 Å². The number of benzene rings is 1. The molecule has 4 nitrogen and oxygen atoms in total. The summed E-state index contributed by atoms with van der Waals surface area (Å²) < 4.78 is 18.7. The zero-order valence-electron chi connectivity index (χ0n) is 11.2. The van der Waals surface area contributed by atoms with Crippen LogP contribution in [0.3, 0.4) is 0 Å². The van der Waals surface area contributed by atoms with Crippen LogP contribution >= 0.6 is 0 Å². The maximum atomic E-state index is 13.5. The first-order valence-corrected chi connectivity index (χ1v) is 6.39. The minimum Gasteiger partial charge on any atom is -0.379 e. The van der Waals surface area contributed by atoms with Gasteiger partial charge in [-0.25, -0.2) is 4.39 Å². The lowest BCUT2D eigenvalue weighted by atomic mass is 10.0. The van der Waals surface area contributed by atoms with Gasteiger partial charge < -0.3 is 15.8 Å². The monoisotopic (exact) mass is 266 g/mol. The molecule has 1 saturated heterocycles. The normalized spacial score (nSPS) is 24.2. The molecule has 5 heteroatoms. The number of hydrogen-bond donors (Lipinski definition) is 2. The van der Waals surface area contributed by atoms with Gasteiger partial charge in [0.25, 0.3) is 0 Å². The molecule has 1 aliphatic heterocycles. The molecule has 1 aliphatic rings. The summed E-state index contributed by atoms with van der Waals surface area (Å²) in [5.74, 6) is -0.726. The maximum Gasteiger partial charge on any atom is 0.227 e. The number of hydrogen-bond acceptors (Lipinski definition) is 3. The Balaban J connectivity index is 2.02.